The number of likely N-dealkylation sites (tertiary alicyclic amines) is 1. The van der Waals surface area contributed by atoms with E-state index in [2.05, 4.69) is 6.92 Å². The average molecular weight is 493 g/mol. The van der Waals surface area contributed by atoms with Gasteiger partial charge in [0.2, 0.25) is 15.7 Å². The summed E-state index contributed by atoms with van der Waals surface area (Å²) in [5.74, 6) is -0.217. The maximum atomic E-state index is 12.8. The predicted octanol–water partition coefficient (Wildman–Crippen LogP) is 3.41. The maximum absolute atomic E-state index is 12.8. The lowest BCUT2D eigenvalue weighted by atomic mass is 9.79. The van der Waals surface area contributed by atoms with Crippen molar-refractivity contribution in [1.29, 1.82) is 0 Å². The fourth-order valence-corrected chi connectivity index (χ4v) is 5.14. The molecule has 190 valence electrons. The molecule has 3 rings (SSSR count). The number of ether oxygens (including phenoxy) is 1. The molecular weight excluding hydrogens is 453 g/mol. The Labute approximate surface area is 205 Å². The van der Waals surface area contributed by atoms with Crippen molar-refractivity contribution in [3.63, 3.8) is 0 Å². The van der Waals surface area contributed by atoms with Crippen LogP contribution in [0.15, 0.2) is 29.2 Å². The monoisotopic (exact) mass is 493 g/mol. The molecule has 1 aromatic carbocycles. The summed E-state index contributed by atoms with van der Waals surface area (Å²) in [6.45, 7) is 17.5. The first-order valence-corrected chi connectivity index (χ1v) is 13.7. The number of sulfone groups is 1. The summed E-state index contributed by atoms with van der Waals surface area (Å²) in [4.78, 5) is 14.6. The van der Waals surface area contributed by atoms with Crippen LogP contribution < -0.4 is 5.46 Å². The number of rotatable bonds is 6. The Morgan fingerprint density at radius 2 is 1.50 bits per heavy atom. The van der Waals surface area contributed by atoms with Gasteiger partial charge >= 0.3 is 7.12 Å². The number of hydrogen-bond donors (Lipinski definition) is 0. The molecule has 0 N–H and O–H groups in total. The highest BCUT2D eigenvalue weighted by atomic mass is 32.2. The summed E-state index contributed by atoms with van der Waals surface area (Å²) >= 11 is 0. The van der Waals surface area contributed by atoms with E-state index in [-0.39, 0.29) is 22.2 Å². The third-order valence-corrected chi connectivity index (χ3v) is 8.82. The molecule has 2 fully saturated rings. The molecule has 9 heteroatoms. The molecule has 2 heterocycles. The summed E-state index contributed by atoms with van der Waals surface area (Å²) in [5.41, 5.74) is -0.672. The Bertz CT molecular complexity index is 973. The number of amides is 1. The highest BCUT2D eigenvalue weighted by Crippen LogP contribution is 2.36. The van der Waals surface area contributed by atoms with E-state index in [4.69, 9.17) is 14.0 Å². The molecule has 0 radical (unpaired) electrons. The maximum Gasteiger partial charge on any atom is 0.494 e. The Morgan fingerprint density at radius 3 is 1.97 bits per heavy atom. The SMILES string of the molecule is CC1(COCS(=O)(=O)c2ccc(B3OC(C)(C)C(C)(C)O3)cc2)CCN(C(=O)C(C)(C)C)CC1. The number of nitrogens with zero attached hydrogens (tertiary/aromatic N) is 1. The number of carbonyl (C=O) groups is 1. The van der Waals surface area contributed by atoms with Gasteiger partial charge in [0.1, 0.15) is 0 Å². The minimum atomic E-state index is -3.59. The van der Waals surface area contributed by atoms with E-state index in [9.17, 15) is 13.2 Å². The van der Waals surface area contributed by atoms with Crippen LogP contribution >= 0.6 is 0 Å². The minimum Gasteiger partial charge on any atom is -0.399 e. The first-order chi connectivity index (χ1) is 15.5. The van der Waals surface area contributed by atoms with Gasteiger partial charge in [0.25, 0.3) is 0 Å². The highest BCUT2D eigenvalue weighted by molar-refractivity contribution is 7.91. The third-order valence-electron chi connectivity index (χ3n) is 7.35. The minimum absolute atomic E-state index is 0.148. The fourth-order valence-electron chi connectivity index (χ4n) is 4.15. The standard InChI is InChI=1S/C25H40BNO6S/c1-22(2,3)21(28)27-15-13-25(8,14-16-27)17-31-18-34(29,30)20-11-9-19(10-12-20)26-32-23(4,5)24(6,7)33-26/h9-12H,13-18H2,1-8H3. The quantitative estimate of drug-likeness (QED) is 0.565. The lowest BCUT2D eigenvalue weighted by Crippen LogP contribution is -2.47. The van der Waals surface area contributed by atoms with E-state index in [0.29, 0.717) is 19.7 Å². The second-order valence-corrected chi connectivity index (χ2v) is 14.0. The summed E-state index contributed by atoms with van der Waals surface area (Å²) in [5, 5.41) is 0. The highest BCUT2D eigenvalue weighted by Gasteiger charge is 2.51. The van der Waals surface area contributed by atoms with Gasteiger partial charge in [0, 0.05) is 18.5 Å². The summed E-state index contributed by atoms with van der Waals surface area (Å²) in [6, 6.07) is 6.63. The second-order valence-electron chi connectivity index (χ2n) is 12.1. The van der Waals surface area contributed by atoms with Crippen LogP contribution in [-0.2, 0) is 28.7 Å². The topological polar surface area (TPSA) is 82.1 Å². The zero-order valence-electron chi connectivity index (χ0n) is 21.9. The van der Waals surface area contributed by atoms with E-state index in [1.165, 1.54) is 0 Å². The Hall–Kier alpha value is -1.42. The average Bonchev–Trinajstić information content (AvgIpc) is 2.94. The predicted molar refractivity (Wildman–Crippen MR) is 134 cm³/mol. The molecule has 0 aliphatic carbocycles. The van der Waals surface area contributed by atoms with Gasteiger partial charge < -0.3 is 18.9 Å². The van der Waals surface area contributed by atoms with Crippen LogP contribution in [0, 0.1) is 10.8 Å². The summed E-state index contributed by atoms with van der Waals surface area (Å²) < 4.78 is 43.4. The van der Waals surface area contributed by atoms with E-state index in [0.717, 1.165) is 18.3 Å². The van der Waals surface area contributed by atoms with Crippen molar-refractivity contribution in [2.45, 2.75) is 84.3 Å². The number of piperidine rings is 1. The van der Waals surface area contributed by atoms with Crippen molar-refractivity contribution in [3.8, 4) is 0 Å². The Balaban J connectivity index is 1.53. The molecule has 0 bridgehead atoms. The molecule has 0 atom stereocenters. The molecule has 0 saturated carbocycles. The normalized spacial score (nSPS) is 22.1. The molecule has 0 spiro atoms. The Kier molecular flexibility index (Phi) is 7.38. The van der Waals surface area contributed by atoms with Gasteiger partial charge in [0.15, 0.2) is 5.94 Å². The van der Waals surface area contributed by atoms with Gasteiger partial charge in [-0.05, 0) is 63.5 Å². The van der Waals surface area contributed by atoms with Crippen LogP contribution in [0.1, 0.15) is 68.2 Å². The van der Waals surface area contributed by atoms with Crippen molar-refractivity contribution in [3.05, 3.63) is 24.3 Å². The second kappa shape index (κ2) is 9.23. The van der Waals surface area contributed by atoms with Gasteiger partial charge in [-0.1, -0.05) is 39.8 Å². The van der Waals surface area contributed by atoms with E-state index >= 15 is 0 Å². The fraction of sp³-hybridized carbons (Fsp3) is 0.720. The number of benzene rings is 1. The van der Waals surface area contributed by atoms with Crippen LogP contribution in [0.2, 0.25) is 0 Å². The molecule has 7 nitrogen and oxygen atoms in total. The molecule has 0 aromatic heterocycles. The first kappa shape index (κ1) is 27.2. The molecule has 2 aliphatic heterocycles. The van der Waals surface area contributed by atoms with Crippen molar-refractivity contribution in [2.24, 2.45) is 10.8 Å². The number of hydrogen-bond acceptors (Lipinski definition) is 6. The van der Waals surface area contributed by atoms with E-state index in [1.807, 2.05) is 53.4 Å². The van der Waals surface area contributed by atoms with Crippen molar-refractivity contribution < 1.29 is 27.3 Å². The smallest absolute Gasteiger partial charge is 0.399 e. The van der Waals surface area contributed by atoms with Gasteiger partial charge in [-0.25, -0.2) is 8.42 Å². The summed E-state index contributed by atoms with van der Waals surface area (Å²) in [7, 11) is -4.12. The molecule has 2 aliphatic rings. The van der Waals surface area contributed by atoms with Crippen molar-refractivity contribution >= 4 is 28.3 Å². The first-order valence-electron chi connectivity index (χ1n) is 12.0. The van der Waals surface area contributed by atoms with E-state index in [1.54, 1.807) is 24.3 Å². The third kappa shape index (κ3) is 5.86. The molecule has 0 unspecified atom stereocenters. The van der Waals surface area contributed by atoms with E-state index < -0.39 is 33.6 Å². The van der Waals surface area contributed by atoms with Crippen LogP contribution in [0.5, 0.6) is 0 Å². The summed E-state index contributed by atoms with van der Waals surface area (Å²) in [6.07, 6.45) is 1.58. The number of carbonyl (C=O) groups excluding carboxylic acids is 1. The molecule has 1 amide bonds. The van der Waals surface area contributed by atoms with Gasteiger partial charge in [-0.2, -0.15) is 0 Å². The zero-order chi connectivity index (χ0) is 25.6. The lowest BCUT2D eigenvalue weighted by Gasteiger charge is -2.41. The molecule has 1 aromatic rings. The van der Waals surface area contributed by atoms with Crippen molar-refractivity contribution in [2.75, 3.05) is 25.6 Å². The van der Waals surface area contributed by atoms with Gasteiger partial charge in [0.05, 0.1) is 22.7 Å². The Morgan fingerprint density at radius 1 is 1.00 bits per heavy atom. The lowest BCUT2D eigenvalue weighted by molar-refractivity contribution is -0.142. The van der Waals surface area contributed by atoms with Gasteiger partial charge in [-0.15, -0.1) is 0 Å². The molecule has 34 heavy (non-hydrogen) atoms. The van der Waals surface area contributed by atoms with Crippen LogP contribution in [0.4, 0.5) is 0 Å². The zero-order valence-corrected chi connectivity index (χ0v) is 22.8. The van der Waals surface area contributed by atoms with Crippen LogP contribution in [0.25, 0.3) is 0 Å². The largest absolute Gasteiger partial charge is 0.494 e. The molecule has 2 saturated heterocycles. The van der Waals surface area contributed by atoms with Gasteiger partial charge in [-0.3, -0.25) is 4.79 Å². The van der Waals surface area contributed by atoms with Crippen LogP contribution in [-0.4, -0.2) is 63.2 Å². The molecular formula is C25H40BNO6S. The van der Waals surface area contributed by atoms with Crippen LogP contribution in [0.3, 0.4) is 0 Å². The van der Waals surface area contributed by atoms with Crippen molar-refractivity contribution in [1.82, 2.24) is 4.90 Å².